The first-order valence-electron chi connectivity index (χ1n) is 1.80. The monoisotopic (exact) mass is 148 g/mol. The summed E-state index contributed by atoms with van der Waals surface area (Å²) in [6.45, 7) is 0. The molecular weight excluding hydrogens is 146 g/mol. The van der Waals surface area contributed by atoms with Crippen molar-refractivity contribution in [1.82, 2.24) is 19.6 Å². The summed E-state index contributed by atoms with van der Waals surface area (Å²) in [5, 5.41) is 13.5. The van der Waals surface area contributed by atoms with Crippen LogP contribution in [0, 0.1) is 6.33 Å². The van der Waals surface area contributed by atoms with Gasteiger partial charge < -0.3 is 0 Å². The first-order valence-corrected chi connectivity index (χ1v) is 3.30. The van der Waals surface area contributed by atoms with Crippen LogP contribution in [0.1, 0.15) is 0 Å². The molecule has 0 spiro atoms. The third kappa shape index (κ3) is 1.21. The molecule has 49 valence electrons. The van der Waals surface area contributed by atoms with Gasteiger partial charge >= 0.3 is 10.2 Å². The molecule has 1 aromatic rings. The Hall–Kier alpha value is -1.02. The van der Waals surface area contributed by atoms with Gasteiger partial charge in [0.2, 0.25) is 6.33 Å². The van der Waals surface area contributed by atoms with Crippen molar-refractivity contribution in [2.75, 3.05) is 0 Å². The largest absolute Gasteiger partial charge is 0.321 e. The van der Waals surface area contributed by atoms with Crippen LogP contribution in [0.15, 0.2) is 0 Å². The highest BCUT2D eigenvalue weighted by atomic mass is 32.2. The Morgan fingerprint density at radius 3 is 2.44 bits per heavy atom. The van der Waals surface area contributed by atoms with E-state index < -0.39 is 10.2 Å². The van der Waals surface area contributed by atoms with Gasteiger partial charge in [-0.15, -0.1) is 5.10 Å². The maximum Gasteiger partial charge on any atom is 0.321 e. The van der Waals surface area contributed by atoms with Crippen molar-refractivity contribution in [3.05, 3.63) is 6.33 Å². The minimum Gasteiger partial charge on any atom is -0.209 e. The molecule has 7 nitrogen and oxygen atoms in total. The summed E-state index contributed by atoms with van der Waals surface area (Å²) in [5.41, 5.74) is 0. The standard InChI is InChI=1S/CH2N5O2S/c2-9(7,8)6-1-3-4-5-6/h(H2,2,7,8). The summed E-state index contributed by atoms with van der Waals surface area (Å²) in [7, 11) is -3.83. The molecule has 1 aromatic heterocycles. The van der Waals surface area contributed by atoms with Gasteiger partial charge in [-0.2, -0.15) is 8.42 Å². The molecule has 9 heavy (non-hydrogen) atoms. The first kappa shape index (κ1) is 6.11. The van der Waals surface area contributed by atoms with Crippen molar-refractivity contribution in [3.63, 3.8) is 0 Å². The van der Waals surface area contributed by atoms with E-state index >= 15 is 0 Å². The molecule has 8 heteroatoms. The zero-order valence-corrected chi connectivity index (χ0v) is 4.91. The van der Waals surface area contributed by atoms with Crippen molar-refractivity contribution in [2.45, 2.75) is 0 Å². The van der Waals surface area contributed by atoms with E-state index in [1.54, 1.807) is 0 Å². The summed E-state index contributed by atoms with van der Waals surface area (Å²) in [6.07, 6.45) is 1.91. The molecule has 0 bridgehead atoms. The summed E-state index contributed by atoms with van der Waals surface area (Å²) in [4.78, 5) is 0. The van der Waals surface area contributed by atoms with E-state index in [4.69, 9.17) is 0 Å². The van der Waals surface area contributed by atoms with Crippen LogP contribution in [-0.2, 0) is 10.2 Å². The molecule has 0 saturated carbocycles. The molecule has 0 saturated heterocycles. The molecule has 0 atom stereocenters. The van der Waals surface area contributed by atoms with Crippen LogP contribution in [0.5, 0.6) is 0 Å². The lowest BCUT2D eigenvalue weighted by molar-refractivity contribution is 0.578. The molecule has 1 rings (SSSR count). The van der Waals surface area contributed by atoms with E-state index in [1.807, 2.05) is 6.33 Å². The topological polar surface area (TPSA) is 104 Å². The lowest BCUT2D eigenvalue weighted by Gasteiger charge is -1.87. The Balaban J connectivity index is 3.20. The van der Waals surface area contributed by atoms with Crippen molar-refractivity contribution >= 4 is 10.2 Å². The molecule has 0 aliphatic carbocycles. The van der Waals surface area contributed by atoms with Crippen LogP contribution in [0.2, 0.25) is 0 Å². The Morgan fingerprint density at radius 2 is 2.22 bits per heavy atom. The van der Waals surface area contributed by atoms with Crippen molar-refractivity contribution < 1.29 is 8.42 Å². The molecular formula is CH2N5O2S. The highest BCUT2D eigenvalue weighted by Crippen LogP contribution is 1.76. The Bertz CT molecular complexity index is 272. The van der Waals surface area contributed by atoms with Gasteiger partial charge in [0.15, 0.2) is 0 Å². The Kier molecular flexibility index (Phi) is 1.18. The maximum absolute atomic E-state index is 10.3. The van der Waals surface area contributed by atoms with Crippen molar-refractivity contribution in [3.8, 4) is 0 Å². The molecule has 0 aromatic carbocycles. The zero-order chi connectivity index (χ0) is 6.91. The van der Waals surface area contributed by atoms with Crippen LogP contribution in [0.3, 0.4) is 0 Å². The second-order valence-corrected chi connectivity index (χ2v) is 2.54. The number of aromatic nitrogens is 4. The fourth-order valence-electron chi connectivity index (χ4n) is 0.242. The van der Waals surface area contributed by atoms with Crippen LogP contribution >= 0.6 is 0 Å². The molecule has 0 unspecified atom stereocenters. The predicted octanol–water partition coefficient (Wildman–Crippen LogP) is -2.48. The SMILES string of the molecule is NS(=O)(=O)n1[c]nnn1. The summed E-state index contributed by atoms with van der Waals surface area (Å²) < 4.78 is 20.9. The summed E-state index contributed by atoms with van der Waals surface area (Å²) in [5.74, 6) is 0. The Morgan fingerprint density at radius 1 is 1.56 bits per heavy atom. The average molecular weight is 148 g/mol. The van der Waals surface area contributed by atoms with E-state index in [0.29, 0.717) is 4.09 Å². The molecule has 0 amide bonds. The van der Waals surface area contributed by atoms with Gasteiger partial charge in [0.1, 0.15) is 0 Å². The lowest BCUT2D eigenvalue weighted by atomic mass is 11.4. The number of hydrogen-bond donors (Lipinski definition) is 1. The maximum atomic E-state index is 10.3. The highest BCUT2D eigenvalue weighted by molar-refractivity contribution is 7.87. The fraction of sp³-hybridized carbons (Fsp3) is 0. The average Bonchev–Trinajstić information content (AvgIpc) is 2.08. The van der Waals surface area contributed by atoms with Gasteiger partial charge in [0, 0.05) is 0 Å². The fourth-order valence-corrected chi connectivity index (χ4v) is 0.527. The first-order chi connectivity index (χ1) is 4.11. The van der Waals surface area contributed by atoms with Gasteiger partial charge in [0.25, 0.3) is 0 Å². The molecule has 1 heterocycles. The van der Waals surface area contributed by atoms with Crippen LogP contribution < -0.4 is 5.14 Å². The minimum absolute atomic E-state index is 0.340. The predicted molar refractivity (Wildman–Crippen MR) is 25.2 cm³/mol. The van der Waals surface area contributed by atoms with Gasteiger partial charge in [-0.25, -0.2) is 5.14 Å². The zero-order valence-electron chi connectivity index (χ0n) is 4.09. The van der Waals surface area contributed by atoms with Crippen LogP contribution in [0.4, 0.5) is 0 Å². The lowest BCUT2D eigenvalue weighted by Crippen LogP contribution is -2.22. The quantitative estimate of drug-likeness (QED) is 0.475. The third-order valence-corrected chi connectivity index (χ3v) is 1.17. The third-order valence-electron chi connectivity index (χ3n) is 0.537. The van der Waals surface area contributed by atoms with Gasteiger partial charge in [0.05, 0.1) is 0 Å². The normalized spacial score (nSPS) is 11.7. The smallest absolute Gasteiger partial charge is 0.209 e. The second-order valence-electron chi connectivity index (χ2n) is 1.17. The Labute approximate surface area is 50.7 Å². The molecule has 0 aliphatic rings. The molecule has 1 radical (unpaired) electrons. The molecule has 0 fully saturated rings. The molecule has 2 N–H and O–H groups in total. The number of tetrazole rings is 1. The van der Waals surface area contributed by atoms with E-state index in [-0.39, 0.29) is 0 Å². The second kappa shape index (κ2) is 1.74. The van der Waals surface area contributed by atoms with Gasteiger partial charge in [-0.05, 0) is 10.4 Å². The van der Waals surface area contributed by atoms with E-state index in [0.717, 1.165) is 0 Å². The van der Waals surface area contributed by atoms with E-state index in [1.165, 1.54) is 0 Å². The van der Waals surface area contributed by atoms with E-state index in [9.17, 15) is 8.42 Å². The minimum atomic E-state index is -3.83. The van der Waals surface area contributed by atoms with E-state index in [2.05, 4.69) is 20.7 Å². The van der Waals surface area contributed by atoms with Gasteiger partial charge in [-0.1, -0.05) is 4.09 Å². The van der Waals surface area contributed by atoms with Crippen molar-refractivity contribution in [2.24, 2.45) is 5.14 Å². The number of hydrogen-bond acceptors (Lipinski definition) is 5. The van der Waals surface area contributed by atoms with Gasteiger partial charge in [-0.3, -0.25) is 0 Å². The molecule has 0 aliphatic heterocycles. The van der Waals surface area contributed by atoms with Crippen molar-refractivity contribution in [1.29, 1.82) is 0 Å². The number of nitrogens with zero attached hydrogens (tertiary/aromatic N) is 4. The van der Waals surface area contributed by atoms with Crippen LogP contribution in [-0.4, -0.2) is 28.0 Å². The summed E-state index contributed by atoms with van der Waals surface area (Å²) in [6, 6.07) is 0. The van der Waals surface area contributed by atoms with Crippen LogP contribution in [0.25, 0.3) is 0 Å². The summed E-state index contributed by atoms with van der Waals surface area (Å²) >= 11 is 0. The number of nitrogens with two attached hydrogens (primary N) is 1. The number of rotatable bonds is 1. The highest BCUT2D eigenvalue weighted by Gasteiger charge is 2.05.